The Morgan fingerprint density at radius 3 is 2.08 bits per heavy atom. The van der Waals surface area contributed by atoms with E-state index in [2.05, 4.69) is 0 Å². The van der Waals surface area contributed by atoms with Crippen LogP contribution in [-0.4, -0.2) is 111 Å². The third kappa shape index (κ3) is 4.51. The molecule has 2 unspecified atom stereocenters. The van der Waals surface area contributed by atoms with E-state index in [1.54, 1.807) is 6.92 Å². The van der Waals surface area contributed by atoms with Crippen LogP contribution in [0.4, 0.5) is 0 Å². The third-order valence-corrected chi connectivity index (χ3v) is 4.77. The fraction of sp³-hybridized carbons (Fsp3) is 0.933. The van der Waals surface area contributed by atoms with Crippen molar-refractivity contribution in [3.05, 3.63) is 6.42 Å². The van der Waals surface area contributed by atoms with Crippen LogP contribution in [0, 0.1) is 6.42 Å². The van der Waals surface area contributed by atoms with Gasteiger partial charge in [-0.25, -0.2) is 0 Å². The number of ether oxygens (including phenoxy) is 3. The van der Waals surface area contributed by atoms with Crippen LogP contribution in [0.2, 0.25) is 0 Å². The molecule has 2 saturated heterocycles. The van der Waals surface area contributed by atoms with Gasteiger partial charge in [0.1, 0.15) is 36.6 Å². The van der Waals surface area contributed by atoms with Crippen molar-refractivity contribution in [3.8, 4) is 0 Å². The fourth-order valence-electron chi connectivity index (χ4n) is 3.17. The number of aliphatic hydroxyl groups excluding tert-OH is 6. The van der Waals surface area contributed by atoms with Gasteiger partial charge >= 0.3 is 0 Å². The van der Waals surface area contributed by atoms with E-state index in [4.69, 9.17) is 25.7 Å². The van der Waals surface area contributed by atoms with Crippen LogP contribution < -0.4 is 11.5 Å². The van der Waals surface area contributed by atoms with Crippen molar-refractivity contribution in [2.75, 3.05) is 13.2 Å². The molecule has 0 spiro atoms. The maximum absolute atomic E-state index is 10.2. The summed E-state index contributed by atoms with van der Waals surface area (Å²) in [7, 11) is 0. The Bertz CT molecular complexity index is 443. The van der Waals surface area contributed by atoms with Crippen molar-refractivity contribution in [2.24, 2.45) is 11.5 Å². The molecule has 0 aromatic rings. The number of nitrogens with two attached hydrogens (primary N) is 2. The summed E-state index contributed by atoms with van der Waals surface area (Å²) in [4.78, 5) is 0. The highest BCUT2D eigenvalue weighted by molar-refractivity contribution is 5.02. The minimum absolute atomic E-state index is 0.502. The van der Waals surface area contributed by atoms with Gasteiger partial charge in [0.15, 0.2) is 6.29 Å². The standard InChI is InChI=1S/C15H29N2O9/c1-5(2-6-9(16)13(22)11(20)7(3-18)25-6)24-14-10(17)15(23)26-8(4-19)12(14)21/h2,5-15,18-23H,3-4,16-17H2,1H3/t5?,6?,7-,8-,9+,10-,11-,12-,13-,14-,15+/m1/s1. The Morgan fingerprint density at radius 2 is 1.50 bits per heavy atom. The molecule has 11 nitrogen and oxygen atoms in total. The summed E-state index contributed by atoms with van der Waals surface area (Å²) >= 11 is 0. The van der Waals surface area contributed by atoms with Crippen LogP contribution >= 0.6 is 0 Å². The van der Waals surface area contributed by atoms with Crippen molar-refractivity contribution in [3.63, 3.8) is 0 Å². The van der Waals surface area contributed by atoms with E-state index in [1.165, 1.54) is 6.42 Å². The van der Waals surface area contributed by atoms with Crippen LogP contribution in [-0.2, 0) is 14.2 Å². The lowest BCUT2D eigenvalue weighted by molar-refractivity contribution is -0.262. The molecule has 26 heavy (non-hydrogen) atoms. The molecule has 0 aromatic heterocycles. The van der Waals surface area contributed by atoms with E-state index >= 15 is 0 Å². The molecular formula is C15H29N2O9. The molecule has 153 valence electrons. The van der Waals surface area contributed by atoms with Gasteiger partial charge in [-0.3, -0.25) is 0 Å². The third-order valence-electron chi connectivity index (χ3n) is 4.77. The lowest BCUT2D eigenvalue weighted by atomic mass is 9.90. The molecule has 2 aliphatic heterocycles. The minimum Gasteiger partial charge on any atom is -0.394 e. The van der Waals surface area contributed by atoms with Crippen molar-refractivity contribution in [1.82, 2.24) is 0 Å². The van der Waals surface area contributed by atoms with Crippen molar-refractivity contribution >= 4 is 0 Å². The molecule has 11 atom stereocenters. The highest BCUT2D eigenvalue weighted by atomic mass is 16.6. The van der Waals surface area contributed by atoms with Crippen LogP contribution in [0.25, 0.3) is 0 Å². The monoisotopic (exact) mass is 381 g/mol. The number of aliphatic hydroxyl groups is 6. The highest BCUT2D eigenvalue weighted by Gasteiger charge is 2.46. The van der Waals surface area contributed by atoms with Crippen molar-refractivity contribution in [2.45, 2.75) is 74.1 Å². The fourth-order valence-corrected chi connectivity index (χ4v) is 3.17. The Labute approximate surface area is 151 Å². The second-order valence-corrected chi connectivity index (χ2v) is 6.69. The molecule has 0 saturated carbocycles. The van der Waals surface area contributed by atoms with E-state index in [0.29, 0.717) is 0 Å². The van der Waals surface area contributed by atoms with Gasteiger partial charge < -0.3 is 56.3 Å². The van der Waals surface area contributed by atoms with E-state index in [9.17, 15) is 30.6 Å². The quantitative estimate of drug-likeness (QED) is 0.219. The van der Waals surface area contributed by atoms with E-state index in [0.717, 1.165) is 0 Å². The minimum atomic E-state index is -1.42. The summed E-state index contributed by atoms with van der Waals surface area (Å²) in [6.07, 6.45) is -8.43. The van der Waals surface area contributed by atoms with Gasteiger partial charge in [0.05, 0.1) is 37.5 Å². The molecule has 2 fully saturated rings. The maximum atomic E-state index is 10.2. The van der Waals surface area contributed by atoms with Crippen molar-refractivity contribution in [1.29, 1.82) is 0 Å². The van der Waals surface area contributed by atoms with E-state index in [-0.39, 0.29) is 0 Å². The first-order valence-corrected chi connectivity index (χ1v) is 8.47. The summed E-state index contributed by atoms with van der Waals surface area (Å²) in [5.41, 5.74) is 11.7. The van der Waals surface area contributed by atoms with Crippen LogP contribution in [0.3, 0.4) is 0 Å². The summed E-state index contributed by atoms with van der Waals surface area (Å²) in [5, 5.41) is 58.2. The Morgan fingerprint density at radius 1 is 0.923 bits per heavy atom. The molecule has 11 heteroatoms. The summed E-state index contributed by atoms with van der Waals surface area (Å²) in [6, 6.07) is -2.01. The van der Waals surface area contributed by atoms with Gasteiger partial charge in [-0.15, -0.1) is 0 Å². The predicted molar refractivity (Wildman–Crippen MR) is 86.3 cm³/mol. The van der Waals surface area contributed by atoms with Gasteiger partial charge in [0, 0.05) is 6.42 Å². The van der Waals surface area contributed by atoms with Crippen LogP contribution in [0.1, 0.15) is 6.92 Å². The summed E-state index contributed by atoms with van der Waals surface area (Å²) in [6.45, 7) is 0.580. The zero-order chi connectivity index (χ0) is 19.6. The van der Waals surface area contributed by atoms with Crippen LogP contribution in [0.15, 0.2) is 0 Å². The van der Waals surface area contributed by atoms with E-state index < -0.39 is 80.4 Å². The zero-order valence-electron chi connectivity index (χ0n) is 14.4. The van der Waals surface area contributed by atoms with Gasteiger partial charge in [-0.2, -0.15) is 0 Å². The smallest absolute Gasteiger partial charge is 0.173 e. The predicted octanol–water partition coefficient (Wildman–Crippen LogP) is -4.83. The first-order chi connectivity index (χ1) is 12.2. The van der Waals surface area contributed by atoms with Crippen molar-refractivity contribution < 1.29 is 44.8 Å². The summed E-state index contributed by atoms with van der Waals surface area (Å²) in [5.74, 6) is 0. The highest BCUT2D eigenvalue weighted by Crippen LogP contribution is 2.26. The normalized spacial score (nSPS) is 48.3. The Hall–Kier alpha value is -0.440. The zero-order valence-corrected chi connectivity index (χ0v) is 14.4. The molecular weight excluding hydrogens is 352 g/mol. The second kappa shape index (κ2) is 9.17. The first-order valence-electron chi connectivity index (χ1n) is 8.47. The molecule has 2 heterocycles. The topological polar surface area (TPSA) is 201 Å². The largest absolute Gasteiger partial charge is 0.394 e. The van der Waals surface area contributed by atoms with Crippen LogP contribution in [0.5, 0.6) is 0 Å². The van der Waals surface area contributed by atoms with Gasteiger partial charge in [-0.05, 0) is 6.92 Å². The molecule has 2 rings (SSSR count). The number of hydrogen-bond donors (Lipinski definition) is 8. The molecule has 10 N–H and O–H groups in total. The average Bonchev–Trinajstić information content (AvgIpc) is 2.62. The molecule has 0 aliphatic carbocycles. The average molecular weight is 381 g/mol. The van der Waals surface area contributed by atoms with Gasteiger partial charge in [-0.1, -0.05) is 0 Å². The SMILES string of the molecule is CC([CH]C1O[C@H](CO)[C@@H](O)[C@H](O)[C@H]1N)O[C@@H]1[C@@H](N)[C@@H](O)O[C@H](CO)[C@H]1O. The molecule has 1 radical (unpaired) electrons. The maximum Gasteiger partial charge on any atom is 0.173 e. The summed E-state index contributed by atoms with van der Waals surface area (Å²) < 4.78 is 16.2. The lowest BCUT2D eigenvalue weighted by Crippen LogP contribution is -2.64. The number of hydrogen-bond acceptors (Lipinski definition) is 11. The van der Waals surface area contributed by atoms with E-state index in [1.807, 2.05) is 0 Å². The second-order valence-electron chi connectivity index (χ2n) is 6.69. The lowest BCUT2D eigenvalue weighted by Gasteiger charge is -2.43. The Balaban J connectivity index is 1.99. The van der Waals surface area contributed by atoms with Gasteiger partial charge in [0.25, 0.3) is 0 Å². The Kier molecular flexibility index (Phi) is 7.71. The number of rotatable bonds is 6. The molecule has 0 amide bonds. The first kappa shape index (κ1) is 21.9. The molecule has 0 bridgehead atoms. The van der Waals surface area contributed by atoms with Gasteiger partial charge in [0.2, 0.25) is 0 Å². The molecule has 0 aromatic carbocycles. The molecule has 2 aliphatic rings.